The van der Waals surface area contributed by atoms with E-state index in [1.54, 1.807) is 18.3 Å². The number of halogens is 1. The summed E-state index contributed by atoms with van der Waals surface area (Å²) in [4.78, 5) is 0. The fourth-order valence-electron chi connectivity index (χ4n) is 2.58. The van der Waals surface area contributed by atoms with Crippen molar-refractivity contribution in [3.8, 4) is 11.3 Å². The van der Waals surface area contributed by atoms with Crippen LogP contribution in [0.3, 0.4) is 0 Å². The van der Waals surface area contributed by atoms with Crippen LogP contribution in [0.2, 0.25) is 0 Å². The minimum atomic E-state index is -0.245. The van der Waals surface area contributed by atoms with Gasteiger partial charge in [-0.25, -0.2) is 4.39 Å². The zero-order chi connectivity index (χ0) is 16.8. The van der Waals surface area contributed by atoms with Crippen LogP contribution in [0, 0.1) is 5.82 Å². The van der Waals surface area contributed by atoms with E-state index < -0.39 is 0 Å². The Labute approximate surface area is 140 Å². The number of H-pyrrole nitrogens is 1. The molecular weight excluding hydrogens is 305 g/mol. The number of rotatable bonds is 7. The molecule has 0 bridgehead atoms. The van der Waals surface area contributed by atoms with Gasteiger partial charge in [0.25, 0.3) is 0 Å². The van der Waals surface area contributed by atoms with Crippen molar-refractivity contribution < 1.29 is 9.50 Å². The van der Waals surface area contributed by atoms with Crippen molar-refractivity contribution >= 4 is 0 Å². The number of hydrogen-bond acceptors (Lipinski definition) is 3. The van der Waals surface area contributed by atoms with Gasteiger partial charge in [0.2, 0.25) is 0 Å². The summed E-state index contributed by atoms with van der Waals surface area (Å²) in [6.45, 7) is 1.61. The van der Waals surface area contributed by atoms with Crippen molar-refractivity contribution in [1.82, 2.24) is 15.5 Å². The highest BCUT2D eigenvalue weighted by molar-refractivity contribution is 5.62. The number of aliphatic hydroxyl groups is 1. The summed E-state index contributed by atoms with van der Waals surface area (Å²) in [6.07, 6.45) is 2.71. The molecule has 3 rings (SSSR count). The van der Waals surface area contributed by atoms with Gasteiger partial charge >= 0.3 is 0 Å². The van der Waals surface area contributed by atoms with Crippen LogP contribution < -0.4 is 5.32 Å². The zero-order valence-electron chi connectivity index (χ0n) is 13.3. The van der Waals surface area contributed by atoms with Crippen LogP contribution in [-0.4, -0.2) is 21.8 Å². The normalized spacial score (nSPS) is 10.9. The zero-order valence-corrected chi connectivity index (χ0v) is 13.3. The fourth-order valence-corrected chi connectivity index (χ4v) is 2.58. The molecule has 0 radical (unpaired) electrons. The first-order valence-corrected chi connectivity index (χ1v) is 7.94. The van der Waals surface area contributed by atoms with E-state index in [1.165, 1.54) is 17.7 Å². The minimum Gasteiger partial charge on any atom is -0.392 e. The predicted octanol–water partition coefficient (Wildman–Crippen LogP) is 3.04. The summed E-state index contributed by atoms with van der Waals surface area (Å²) in [5, 5.41) is 19.5. The summed E-state index contributed by atoms with van der Waals surface area (Å²) >= 11 is 0. The van der Waals surface area contributed by atoms with Crippen LogP contribution in [0.5, 0.6) is 0 Å². The average Bonchev–Trinajstić information content (AvgIpc) is 3.08. The number of nitrogens with one attached hydrogen (secondary N) is 2. The van der Waals surface area contributed by atoms with Gasteiger partial charge in [-0.05, 0) is 48.4 Å². The third-order valence-electron chi connectivity index (χ3n) is 3.96. The van der Waals surface area contributed by atoms with E-state index in [-0.39, 0.29) is 12.4 Å². The maximum atomic E-state index is 13.0. The van der Waals surface area contributed by atoms with Crippen LogP contribution in [0.4, 0.5) is 4.39 Å². The smallest absolute Gasteiger partial charge is 0.123 e. The maximum Gasteiger partial charge on any atom is 0.123 e. The van der Waals surface area contributed by atoms with E-state index in [4.69, 9.17) is 5.11 Å². The van der Waals surface area contributed by atoms with Crippen molar-refractivity contribution in [2.75, 3.05) is 6.54 Å². The Bertz CT molecular complexity index is 766. The van der Waals surface area contributed by atoms with Gasteiger partial charge in [-0.2, -0.15) is 5.10 Å². The standard InChI is InChI=1S/C19H20FN3O/c20-18-7-5-16(6-8-18)19-17(12-22-23-19)11-21-10-9-14-1-3-15(13-24)4-2-14/h1-8,12,21,24H,9-11,13H2,(H,22,23). The van der Waals surface area contributed by atoms with Gasteiger partial charge in [-0.15, -0.1) is 0 Å². The number of aliphatic hydroxyl groups excluding tert-OH is 1. The molecule has 1 aromatic heterocycles. The van der Waals surface area contributed by atoms with Crippen LogP contribution in [0.1, 0.15) is 16.7 Å². The molecule has 0 aliphatic heterocycles. The molecule has 0 saturated carbocycles. The average molecular weight is 325 g/mol. The molecule has 5 heteroatoms. The highest BCUT2D eigenvalue weighted by Gasteiger charge is 2.07. The molecule has 0 aliphatic carbocycles. The van der Waals surface area contributed by atoms with Crippen molar-refractivity contribution in [1.29, 1.82) is 0 Å². The molecule has 0 atom stereocenters. The summed E-state index contributed by atoms with van der Waals surface area (Å²) < 4.78 is 13.0. The number of nitrogens with zero attached hydrogens (tertiary/aromatic N) is 1. The van der Waals surface area contributed by atoms with Crippen LogP contribution >= 0.6 is 0 Å². The predicted molar refractivity (Wildman–Crippen MR) is 91.8 cm³/mol. The molecule has 0 aliphatic rings. The molecule has 3 aromatic rings. The fraction of sp³-hybridized carbons (Fsp3) is 0.211. The molecule has 2 aromatic carbocycles. The van der Waals surface area contributed by atoms with Crippen LogP contribution in [-0.2, 0) is 19.6 Å². The Balaban J connectivity index is 1.54. The SMILES string of the molecule is OCc1ccc(CCNCc2cn[nH]c2-c2ccc(F)cc2)cc1. The van der Waals surface area contributed by atoms with E-state index in [0.717, 1.165) is 35.3 Å². The summed E-state index contributed by atoms with van der Waals surface area (Å²) in [5.74, 6) is -0.245. The molecule has 0 saturated heterocycles. The Kier molecular flexibility index (Phi) is 5.36. The van der Waals surface area contributed by atoms with E-state index in [9.17, 15) is 4.39 Å². The van der Waals surface area contributed by atoms with Gasteiger partial charge < -0.3 is 10.4 Å². The Morgan fingerprint density at radius 2 is 1.71 bits per heavy atom. The van der Waals surface area contributed by atoms with E-state index in [1.807, 2.05) is 24.3 Å². The Morgan fingerprint density at radius 3 is 2.42 bits per heavy atom. The second-order valence-electron chi connectivity index (χ2n) is 5.68. The molecule has 4 nitrogen and oxygen atoms in total. The lowest BCUT2D eigenvalue weighted by Crippen LogP contribution is -2.16. The molecule has 0 fully saturated rings. The highest BCUT2D eigenvalue weighted by atomic mass is 19.1. The van der Waals surface area contributed by atoms with Crippen molar-refractivity contribution in [2.24, 2.45) is 0 Å². The highest BCUT2D eigenvalue weighted by Crippen LogP contribution is 2.21. The monoisotopic (exact) mass is 325 g/mol. The van der Waals surface area contributed by atoms with Crippen molar-refractivity contribution in [3.05, 3.63) is 77.2 Å². The Hall–Kier alpha value is -2.50. The minimum absolute atomic E-state index is 0.0746. The lowest BCUT2D eigenvalue weighted by Gasteiger charge is -2.07. The van der Waals surface area contributed by atoms with E-state index in [0.29, 0.717) is 6.54 Å². The quantitative estimate of drug-likeness (QED) is 0.585. The molecule has 124 valence electrons. The van der Waals surface area contributed by atoms with Gasteiger partial charge in [-0.1, -0.05) is 24.3 Å². The topological polar surface area (TPSA) is 60.9 Å². The first-order valence-electron chi connectivity index (χ1n) is 7.94. The lowest BCUT2D eigenvalue weighted by atomic mass is 10.1. The van der Waals surface area contributed by atoms with Gasteiger partial charge in [0, 0.05) is 17.7 Å². The van der Waals surface area contributed by atoms with Crippen molar-refractivity contribution in [3.63, 3.8) is 0 Å². The lowest BCUT2D eigenvalue weighted by molar-refractivity contribution is 0.282. The maximum absolute atomic E-state index is 13.0. The van der Waals surface area contributed by atoms with E-state index in [2.05, 4.69) is 15.5 Å². The molecular formula is C19H20FN3O. The number of benzene rings is 2. The van der Waals surface area contributed by atoms with E-state index >= 15 is 0 Å². The Morgan fingerprint density at radius 1 is 1.00 bits per heavy atom. The molecule has 3 N–H and O–H groups in total. The number of aromatic nitrogens is 2. The first kappa shape index (κ1) is 16.4. The second kappa shape index (κ2) is 7.86. The first-order chi connectivity index (χ1) is 11.8. The van der Waals surface area contributed by atoms with Crippen LogP contribution in [0.15, 0.2) is 54.7 Å². The number of hydrogen-bond donors (Lipinski definition) is 3. The van der Waals surface area contributed by atoms with Crippen molar-refractivity contribution in [2.45, 2.75) is 19.6 Å². The molecule has 0 spiro atoms. The summed E-state index contributed by atoms with van der Waals surface area (Å²) in [5.41, 5.74) is 5.04. The largest absolute Gasteiger partial charge is 0.392 e. The molecule has 0 amide bonds. The third-order valence-corrected chi connectivity index (χ3v) is 3.96. The molecule has 0 unspecified atom stereocenters. The van der Waals surface area contributed by atoms with Crippen LogP contribution in [0.25, 0.3) is 11.3 Å². The molecule has 1 heterocycles. The second-order valence-corrected chi connectivity index (χ2v) is 5.68. The third kappa shape index (κ3) is 4.07. The van der Waals surface area contributed by atoms with Gasteiger partial charge in [0.05, 0.1) is 18.5 Å². The number of aromatic amines is 1. The van der Waals surface area contributed by atoms with Gasteiger partial charge in [0.15, 0.2) is 0 Å². The summed E-state index contributed by atoms with van der Waals surface area (Å²) in [6, 6.07) is 14.3. The van der Waals surface area contributed by atoms with Gasteiger partial charge in [0.1, 0.15) is 5.82 Å². The van der Waals surface area contributed by atoms with Gasteiger partial charge in [-0.3, -0.25) is 5.10 Å². The summed E-state index contributed by atoms with van der Waals surface area (Å²) in [7, 11) is 0. The molecule has 24 heavy (non-hydrogen) atoms.